The molecule has 0 atom stereocenters. The molecule has 1 heterocycles. The van der Waals surface area contributed by atoms with E-state index < -0.39 is 11.7 Å². The van der Waals surface area contributed by atoms with E-state index in [0.717, 1.165) is 0 Å². The molecule has 0 unspecified atom stereocenters. The molecule has 6 nitrogen and oxygen atoms in total. The highest BCUT2D eigenvalue weighted by atomic mass is 16.6. The molecule has 1 aromatic rings. The number of ether oxygens (including phenoxy) is 1. The van der Waals surface area contributed by atoms with Crippen LogP contribution < -0.4 is 5.73 Å². The molecule has 6 heteroatoms. The molecular weight excluding hydrogens is 208 g/mol. The molecule has 1 amide bonds. The first-order valence-electron chi connectivity index (χ1n) is 4.84. The Hall–Kier alpha value is -1.85. The fourth-order valence-electron chi connectivity index (χ4n) is 1.00. The highest BCUT2D eigenvalue weighted by Gasteiger charge is 2.16. The van der Waals surface area contributed by atoms with Gasteiger partial charge in [0, 0.05) is 13.2 Å². The summed E-state index contributed by atoms with van der Waals surface area (Å²) in [5.41, 5.74) is 5.64. The third-order valence-electron chi connectivity index (χ3n) is 1.61. The Bertz CT molecular complexity index is 415. The van der Waals surface area contributed by atoms with Crippen LogP contribution in [0.1, 0.15) is 26.3 Å². The molecule has 0 aliphatic carbocycles. The Labute approximate surface area is 94.1 Å². The summed E-state index contributed by atoms with van der Waals surface area (Å²) in [7, 11) is 1.75. The molecule has 1 aromatic heterocycles. The minimum absolute atomic E-state index is 0.0994. The second kappa shape index (κ2) is 4.34. The van der Waals surface area contributed by atoms with Crippen molar-refractivity contribution in [3.63, 3.8) is 0 Å². The smallest absolute Gasteiger partial charge is 0.436 e. The summed E-state index contributed by atoms with van der Waals surface area (Å²) in [6.45, 7) is 5.29. The fourth-order valence-corrected chi connectivity index (χ4v) is 1.00. The van der Waals surface area contributed by atoms with Crippen LogP contribution in [0, 0.1) is 0 Å². The lowest BCUT2D eigenvalue weighted by Crippen LogP contribution is -2.24. The SMILES string of the molecule is Cn1cc(/C(N)=N/C(=O)OC(C)(C)C)cn1. The number of aromatic nitrogens is 2. The van der Waals surface area contributed by atoms with E-state index in [2.05, 4.69) is 10.1 Å². The van der Waals surface area contributed by atoms with Gasteiger partial charge in [-0.3, -0.25) is 4.68 Å². The standard InChI is InChI=1S/C10H16N4O2/c1-10(2,3)16-9(15)13-8(11)7-5-12-14(4)6-7/h5-6H,1-4H3,(H2,11,13,15). The Kier molecular flexibility index (Phi) is 3.31. The highest BCUT2D eigenvalue weighted by Crippen LogP contribution is 2.08. The first-order chi connectivity index (χ1) is 7.28. The zero-order valence-electron chi connectivity index (χ0n) is 9.89. The van der Waals surface area contributed by atoms with Crippen LogP contribution in [0.25, 0.3) is 0 Å². The van der Waals surface area contributed by atoms with Gasteiger partial charge in [-0.1, -0.05) is 0 Å². The number of hydrogen-bond donors (Lipinski definition) is 1. The van der Waals surface area contributed by atoms with Crippen LogP contribution in [0.4, 0.5) is 4.79 Å². The summed E-state index contributed by atoms with van der Waals surface area (Å²) in [5, 5.41) is 3.92. The van der Waals surface area contributed by atoms with E-state index in [1.165, 1.54) is 6.20 Å². The summed E-state index contributed by atoms with van der Waals surface area (Å²) >= 11 is 0. The van der Waals surface area contributed by atoms with Crippen molar-refractivity contribution in [1.29, 1.82) is 0 Å². The monoisotopic (exact) mass is 224 g/mol. The van der Waals surface area contributed by atoms with Gasteiger partial charge in [-0.05, 0) is 20.8 Å². The summed E-state index contributed by atoms with van der Waals surface area (Å²) < 4.78 is 6.58. The predicted octanol–water partition coefficient (Wildman–Crippen LogP) is 1.06. The molecule has 0 aliphatic heterocycles. The van der Waals surface area contributed by atoms with Gasteiger partial charge >= 0.3 is 6.09 Å². The number of aryl methyl sites for hydroxylation is 1. The zero-order valence-corrected chi connectivity index (χ0v) is 9.89. The summed E-state index contributed by atoms with van der Waals surface area (Å²) in [5.74, 6) is 0.0994. The lowest BCUT2D eigenvalue weighted by Gasteiger charge is -2.17. The number of carbonyl (C=O) groups is 1. The van der Waals surface area contributed by atoms with Crippen molar-refractivity contribution in [2.45, 2.75) is 26.4 Å². The Balaban J connectivity index is 2.74. The summed E-state index contributed by atoms with van der Waals surface area (Å²) in [6, 6.07) is 0. The van der Waals surface area contributed by atoms with Gasteiger partial charge < -0.3 is 10.5 Å². The molecule has 1 rings (SSSR count). The zero-order chi connectivity index (χ0) is 12.3. The van der Waals surface area contributed by atoms with Gasteiger partial charge in [0.25, 0.3) is 0 Å². The van der Waals surface area contributed by atoms with Crippen LogP contribution in [0.15, 0.2) is 17.4 Å². The van der Waals surface area contributed by atoms with Crippen molar-refractivity contribution < 1.29 is 9.53 Å². The molecule has 0 saturated carbocycles. The highest BCUT2D eigenvalue weighted by molar-refractivity contribution is 6.02. The topological polar surface area (TPSA) is 82.5 Å². The molecule has 0 radical (unpaired) electrons. The minimum Gasteiger partial charge on any atom is -0.442 e. The van der Waals surface area contributed by atoms with Crippen molar-refractivity contribution >= 4 is 11.9 Å². The van der Waals surface area contributed by atoms with E-state index in [1.807, 2.05) is 0 Å². The van der Waals surface area contributed by atoms with Gasteiger partial charge in [0.15, 0.2) is 0 Å². The van der Waals surface area contributed by atoms with Crippen LogP contribution in [0.2, 0.25) is 0 Å². The van der Waals surface area contributed by atoms with Gasteiger partial charge in [-0.25, -0.2) is 4.79 Å². The largest absolute Gasteiger partial charge is 0.442 e. The Morgan fingerprint density at radius 3 is 2.62 bits per heavy atom. The maximum absolute atomic E-state index is 11.3. The lowest BCUT2D eigenvalue weighted by atomic mass is 10.2. The fraction of sp³-hybridized carbons (Fsp3) is 0.500. The molecule has 0 spiro atoms. The van der Waals surface area contributed by atoms with Crippen molar-refractivity contribution in [2.24, 2.45) is 17.8 Å². The average molecular weight is 224 g/mol. The minimum atomic E-state index is -0.700. The van der Waals surface area contributed by atoms with Crippen molar-refractivity contribution in [3.8, 4) is 0 Å². The van der Waals surface area contributed by atoms with Crippen molar-refractivity contribution in [1.82, 2.24) is 9.78 Å². The van der Waals surface area contributed by atoms with E-state index in [-0.39, 0.29) is 5.84 Å². The number of rotatable bonds is 1. The quantitative estimate of drug-likeness (QED) is 0.571. The third kappa shape index (κ3) is 3.72. The molecule has 0 aliphatic rings. The Morgan fingerprint density at radius 1 is 1.56 bits per heavy atom. The van der Waals surface area contributed by atoms with Crippen LogP contribution in [0.3, 0.4) is 0 Å². The number of aliphatic imine (C=N–C) groups is 1. The van der Waals surface area contributed by atoms with Gasteiger partial charge in [0.1, 0.15) is 11.4 Å². The van der Waals surface area contributed by atoms with Gasteiger partial charge in [0.05, 0.1) is 11.8 Å². The molecule has 2 N–H and O–H groups in total. The maximum Gasteiger partial charge on any atom is 0.436 e. The molecule has 0 aromatic carbocycles. The van der Waals surface area contributed by atoms with Crippen LogP contribution in [0.5, 0.6) is 0 Å². The van der Waals surface area contributed by atoms with E-state index in [0.29, 0.717) is 5.56 Å². The van der Waals surface area contributed by atoms with Crippen molar-refractivity contribution in [2.75, 3.05) is 0 Å². The number of nitrogens with two attached hydrogens (primary N) is 1. The van der Waals surface area contributed by atoms with Crippen LogP contribution >= 0.6 is 0 Å². The number of amides is 1. The van der Waals surface area contributed by atoms with Crippen LogP contribution in [-0.2, 0) is 11.8 Å². The Morgan fingerprint density at radius 2 is 2.19 bits per heavy atom. The van der Waals surface area contributed by atoms with Gasteiger partial charge in [0.2, 0.25) is 0 Å². The summed E-state index contributed by atoms with van der Waals surface area (Å²) in [4.78, 5) is 15.0. The molecule has 0 fully saturated rings. The second-order valence-corrected chi connectivity index (χ2v) is 4.38. The second-order valence-electron chi connectivity index (χ2n) is 4.38. The van der Waals surface area contributed by atoms with E-state index in [4.69, 9.17) is 10.5 Å². The number of hydrogen-bond acceptors (Lipinski definition) is 3. The number of nitrogens with zero attached hydrogens (tertiary/aromatic N) is 3. The summed E-state index contributed by atoms with van der Waals surface area (Å²) in [6.07, 6.45) is 2.50. The van der Waals surface area contributed by atoms with E-state index in [1.54, 1.807) is 38.7 Å². The molecule has 16 heavy (non-hydrogen) atoms. The average Bonchev–Trinajstić information content (AvgIpc) is 2.47. The molecule has 0 bridgehead atoms. The maximum atomic E-state index is 11.3. The van der Waals surface area contributed by atoms with Gasteiger partial charge in [-0.15, -0.1) is 0 Å². The number of amidine groups is 1. The molecule has 0 saturated heterocycles. The van der Waals surface area contributed by atoms with E-state index in [9.17, 15) is 4.79 Å². The molecule has 88 valence electrons. The van der Waals surface area contributed by atoms with Gasteiger partial charge in [-0.2, -0.15) is 10.1 Å². The lowest BCUT2D eigenvalue weighted by molar-refractivity contribution is 0.0604. The first kappa shape index (κ1) is 12.2. The van der Waals surface area contributed by atoms with Crippen LogP contribution in [-0.4, -0.2) is 27.3 Å². The normalized spacial score (nSPS) is 12.6. The molecular formula is C10H16N4O2. The third-order valence-corrected chi connectivity index (χ3v) is 1.61. The predicted molar refractivity (Wildman–Crippen MR) is 60.2 cm³/mol. The van der Waals surface area contributed by atoms with E-state index >= 15 is 0 Å². The number of carbonyl (C=O) groups excluding carboxylic acids is 1. The first-order valence-corrected chi connectivity index (χ1v) is 4.84. The van der Waals surface area contributed by atoms with Crippen molar-refractivity contribution in [3.05, 3.63) is 18.0 Å².